The molecule has 10 nitrogen and oxygen atoms in total. The summed E-state index contributed by atoms with van der Waals surface area (Å²) in [4.78, 5) is 40.1. The Balaban J connectivity index is 1.70. The normalized spacial score (nSPS) is 27.0. The third kappa shape index (κ3) is 3.22. The lowest BCUT2D eigenvalue weighted by Gasteiger charge is -2.52. The van der Waals surface area contributed by atoms with E-state index in [1.165, 1.54) is 6.07 Å². The van der Waals surface area contributed by atoms with Crippen LogP contribution in [0.2, 0.25) is 0 Å². The number of anilines is 1. The fourth-order valence-corrected chi connectivity index (χ4v) is 5.96. The molecule has 0 heterocycles. The molecule has 3 aliphatic carbocycles. The summed E-state index contributed by atoms with van der Waals surface area (Å²) in [5.74, 6) is -6.10. The number of carbonyl (C=O) groups is 3. The lowest BCUT2D eigenvalue weighted by atomic mass is 9.55. The van der Waals surface area contributed by atoms with Gasteiger partial charge >= 0.3 is 0 Å². The van der Waals surface area contributed by atoms with Gasteiger partial charge in [-0.3, -0.25) is 14.4 Å². The minimum absolute atomic E-state index is 0.0346. The van der Waals surface area contributed by atoms with E-state index < -0.39 is 58.0 Å². The van der Waals surface area contributed by atoms with E-state index in [2.05, 4.69) is 0 Å². The van der Waals surface area contributed by atoms with E-state index in [-0.39, 0.29) is 29.7 Å². The number of hydrogen-bond donors (Lipinski definition) is 6. The summed E-state index contributed by atoms with van der Waals surface area (Å²) in [5, 5.41) is 44.1. The maximum atomic E-state index is 13.7. The van der Waals surface area contributed by atoms with Crippen LogP contribution >= 0.6 is 0 Å². The number of carbonyl (C=O) groups excluding carboxylic acids is 3. The lowest BCUT2D eigenvalue weighted by Crippen LogP contribution is -2.73. The van der Waals surface area contributed by atoms with E-state index in [0.717, 1.165) is 16.8 Å². The van der Waals surface area contributed by atoms with Crippen LogP contribution in [0.1, 0.15) is 24.0 Å². The van der Waals surface area contributed by atoms with Gasteiger partial charge < -0.3 is 36.8 Å². The minimum atomic E-state index is -2.85. The number of nitrogens with zero attached hydrogens (tertiary/aromatic N) is 1. The van der Waals surface area contributed by atoms with Crippen molar-refractivity contribution in [1.29, 1.82) is 0 Å². The maximum Gasteiger partial charge on any atom is 0.255 e. The molecule has 0 unspecified atom stereocenters. The van der Waals surface area contributed by atoms with E-state index in [1.807, 2.05) is 43.3 Å². The van der Waals surface area contributed by atoms with Crippen molar-refractivity contribution in [3.8, 4) is 16.9 Å². The highest BCUT2D eigenvalue weighted by molar-refractivity contribution is 6.23. The second kappa shape index (κ2) is 7.92. The van der Waals surface area contributed by atoms with Crippen molar-refractivity contribution in [2.75, 3.05) is 19.0 Å². The predicted molar refractivity (Wildman–Crippen MR) is 135 cm³/mol. The highest BCUT2D eigenvalue weighted by Crippen LogP contribution is 2.53. The minimum Gasteiger partial charge on any atom is -0.508 e. The van der Waals surface area contributed by atoms with Gasteiger partial charge in [0.15, 0.2) is 11.5 Å². The van der Waals surface area contributed by atoms with Gasteiger partial charge in [0, 0.05) is 31.8 Å². The fraction of sp³-hybridized carbons (Fsp3) is 0.296. The van der Waals surface area contributed by atoms with Crippen molar-refractivity contribution < 1.29 is 34.8 Å². The molecule has 1 amide bonds. The number of amides is 1. The number of nitrogens with two attached hydrogens (primary N) is 2. The number of Topliss-reactive ketones (excluding diaryl/α,β-unsaturated/α-hetero) is 2. The molecule has 0 radical (unpaired) electrons. The first-order chi connectivity index (χ1) is 17.3. The third-order valence-electron chi connectivity index (χ3n) is 7.82. The largest absolute Gasteiger partial charge is 0.508 e. The second-order valence-corrected chi connectivity index (χ2v) is 10.2. The van der Waals surface area contributed by atoms with Gasteiger partial charge in [-0.2, -0.15) is 0 Å². The molecule has 3 atom stereocenters. The van der Waals surface area contributed by atoms with Crippen molar-refractivity contribution in [2.24, 2.45) is 17.4 Å². The highest BCUT2D eigenvalue weighted by atomic mass is 16.4. The number of aromatic hydroxyl groups is 1. The van der Waals surface area contributed by atoms with Gasteiger partial charge in [-0.25, -0.2) is 0 Å². The van der Waals surface area contributed by atoms with Crippen LogP contribution in [-0.4, -0.2) is 63.1 Å². The molecule has 1 fully saturated rings. The predicted octanol–water partition coefficient (Wildman–Crippen LogP) is 1.24. The van der Waals surface area contributed by atoms with Gasteiger partial charge in [-0.05, 0) is 53.6 Å². The Morgan fingerprint density at radius 2 is 1.70 bits per heavy atom. The van der Waals surface area contributed by atoms with Crippen LogP contribution in [0.5, 0.6) is 5.75 Å². The monoisotopic (exact) mass is 505 g/mol. The Kier molecular flexibility index (Phi) is 5.26. The molecule has 10 heteroatoms. The molecule has 0 aliphatic heterocycles. The Morgan fingerprint density at radius 1 is 1.05 bits per heavy atom. The first-order valence-electron chi connectivity index (χ1n) is 11.7. The quantitative estimate of drug-likeness (QED) is 0.334. The first-order valence-corrected chi connectivity index (χ1v) is 11.7. The zero-order valence-electron chi connectivity index (χ0n) is 20.3. The van der Waals surface area contributed by atoms with E-state index in [1.54, 1.807) is 6.07 Å². The third-order valence-corrected chi connectivity index (χ3v) is 7.82. The maximum absolute atomic E-state index is 13.7. The summed E-state index contributed by atoms with van der Waals surface area (Å²) in [5.41, 5.74) is 8.86. The molecule has 1 saturated carbocycles. The van der Waals surface area contributed by atoms with Crippen molar-refractivity contribution in [2.45, 2.75) is 30.4 Å². The molecule has 5 rings (SSSR count). The number of phenols is 1. The van der Waals surface area contributed by atoms with Crippen LogP contribution in [0.15, 0.2) is 53.3 Å². The molecule has 0 bridgehead atoms. The Labute approximate surface area is 212 Å². The smallest absolute Gasteiger partial charge is 0.255 e. The standard InChI is InChI=1S/C27H27N3O7/c1-30(2)14-5-3-12(4-6-14)15-7-8-17(31)20-16(15)9-13-10-26(29)11-18(32)21(25(28)36)24(35)27(26,37)23(34)19(13)22(20)33/h3-8,13,31,33,35,37H,9-11,29H2,1-2H3,(H2,28,36)/t13-,26+,27-/m0/s1. The fourth-order valence-electron chi connectivity index (χ4n) is 5.96. The first kappa shape index (κ1) is 24.5. The molecular formula is C27H27N3O7. The van der Waals surface area contributed by atoms with Crippen LogP contribution in [0.25, 0.3) is 16.9 Å². The molecule has 2 aromatic rings. The molecule has 37 heavy (non-hydrogen) atoms. The van der Waals surface area contributed by atoms with E-state index in [9.17, 15) is 34.8 Å². The van der Waals surface area contributed by atoms with Crippen LogP contribution < -0.4 is 16.4 Å². The number of hydrogen-bond acceptors (Lipinski definition) is 9. The summed E-state index contributed by atoms with van der Waals surface area (Å²) in [6.07, 6.45) is -0.603. The van der Waals surface area contributed by atoms with Crippen LogP contribution in [-0.2, 0) is 20.8 Å². The zero-order chi connectivity index (χ0) is 27.0. The Hall–Kier alpha value is -4.15. The molecule has 0 aromatic heterocycles. The van der Waals surface area contributed by atoms with Gasteiger partial charge in [0.05, 0.1) is 11.1 Å². The molecule has 2 aromatic carbocycles. The summed E-state index contributed by atoms with van der Waals surface area (Å²) < 4.78 is 0. The number of aliphatic hydroxyl groups excluding tert-OH is 2. The summed E-state index contributed by atoms with van der Waals surface area (Å²) >= 11 is 0. The number of phenolic OH excluding ortho intramolecular Hbond substituents is 1. The van der Waals surface area contributed by atoms with Crippen molar-refractivity contribution in [3.05, 3.63) is 64.4 Å². The summed E-state index contributed by atoms with van der Waals surface area (Å²) in [7, 11) is 3.84. The molecule has 0 spiro atoms. The average Bonchev–Trinajstić information content (AvgIpc) is 2.81. The number of ketones is 2. The highest BCUT2D eigenvalue weighted by Gasteiger charge is 2.67. The number of rotatable bonds is 3. The average molecular weight is 506 g/mol. The van der Waals surface area contributed by atoms with E-state index >= 15 is 0 Å². The van der Waals surface area contributed by atoms with Crippen LogP contribution in [0.4, 0.5) is 5.69 Å². The van der Waals surface area contributed by atoms with Crippen molar-refractivity contribution in [3.63, 3.8) is 0 Å². The van der Waals surface area contributed by atoms with Crippen molar-refractivity contribution >= 4 is 28.9 Å². The summed E-state index contributed by atoms with van der Waals surface area (Å²) in [6, 6.07) is 10.8. The van der Waals surface area contributed by atoms with Gasteiger partial charge in [0.1, 0.15) is 17.1 Å². The molecule has 8 N–H and O–H groups in total. The topological polar surface area (TPSA) is 187 Å². The number of primary amides is 1. The van der Waals surface area contributed by atoms with Gasteiger partial charge in [-0.1, -0.05) is 18.2 Å². The van der Waals surface area contributed by atoms with Crippen LogP contribution in [0.3, 0.4) is 0 Å². The molecule has 0 saturated heterocycles. The molecule has 192 valence electrons. The number of benzene rings is 2. The van der Waals surface area contributed by atoms with Gasteiger partial charge in [-0.15, -0.1) is 0 Å². The number of fused-ring (bicyclic) bond motifs is 3. The second-order valence-electron chi connectivity index (χ2n) is 10.2. The van der Waals surface area contributed by atoms with E-state index in [4.69, 9.17) is 11.5 Å². The van der Waals surface area contributed by atoms with E-state index in [0.29, 0.717) is 5.56 Å². The Morgan fingerprint density at radius 3 is 2.30 bits per heavy atom. The molecule has 3 aliphatic rings. The van der Waals surface area contributed by atoms with Crippen molar-refractivity contribution in [1.82, 2.24) is 0 Å². The number of aliphatic hydroxyl groups is 3. The van der Waals surface area contributed by atoms with Gasteiger partial charge in [0.2, 0.25) is 11.4 Å². The van der Waals surface area contributed by atoms with Crippen LogP contribution in [0, 0.1) is 5.92 Å². The SMILES string of the molecule is CN(C)c1ccc(-c2ccc(O)c3c2C[C@H]2C[C@@]4(N)CC(=O)C(C(N)=O)=C(O)[C@@]4(O)C(=O)C2=C3O)cc1. The molecular weight excluding hydrogens is 478 g/mol. The summed E-state index contributed by atoms with van der Waals surface area (Å²) in [6.45, 7) is 0. The Bertz CT molecular complexity index is 1460. The zero-order valence-corrected chi connectivity index (χ0v) is 20.3. The lowest BCUT2D eigenvalue weighted by molar-refractivity contribution is -0.150. The van der Waals surface area contributed by atoms with Gasteiger partial charge in [0.25, 0.3) is 5.91 Å².